The molecular formula is C13H11Br2ClOS. The van der Waals surface area contributed by atoms with Crippen LogP contribution < -0.4 is 4.74 Å². The minimum atomic E-state index is -0.0321. The first kappa shape index (κ1) is 14.4. The van der Waals surface area contributed by atoms with Crippen molar-refractivity contribution in [2.45, 2.75) is 11.8 Å². The quantitative estimate of drug-likeness (QED) is 0.579. The van der Waals surface area contributed by atoms with E-state index in [1.54, 1.807) is 18.4 Å². The molecule has 1 nitrogen and oxygen atoms in total. The van der Waals surface area contributed by atoms with Crippen LogP contribution in [0.25, 0.3) is 0 Å². The van der Waals surface area contributed by atoms with Crippen molar-refractivity contribution in [3.8, 4) is 5.75 Å². The van der Waals surface area contributed by atoms with E-state index in [0.29, 0.717) is 0 Å². The van der Waals surface area contributed by atoms with Gasteiger partial charge >= 0.3 is 0 Å². The SMILES string of the molecule is COc1ccc(CC(Cl)c2cc(Br)sc2Br)cc1. The van der Waals surface area contributed by atoms with Gasteiger partial charge in [0.15, 0.2) is 0 Å². The summed E-state index contributed by atoms with van der Waals surface area (Å²) in [5, 5.41) is -0.0321. The molecule has 0 aliphatic heterocycles. The molecule has 2 aromatic rings. The summed E-state index contributed by atoms with van der Waals surface area (Å²) in [6.07, 6.45) is 0.799. The average Bonchev–Trinajstić information content (AvgIpc) is 2.69. The van der Waals surface area contributed by atoms with Gasteiger partial charge in [0.05, 0.1) is 20.1 Å². The number of benzene rings is 1. The molecule has 0 aliphatic rings. The first-order chi connectivity index (χ1) is 8.60. The van der Waals surface area contributed by atoms with Crippen molar-refractivity contribution in [1.29, 1.82) is 0 Å². The largest absolute Gasteiger partial charge is 0.497 e. The summed E-state index contributed by atoms with van der Waals surface area (Å²) in [7, 11) is 1.67. The van der Waals surface area contributed by atoms with Crippen LogP contribution >= 0.6 is 54.8 Å². The van der Waals surface area contributed by atoms with Gasteiger partial charge in [-0.25, -0.2) is 0 Å². The Morgan fingerprint density at radius 3 is 2.44 bits per heavy atom. The molecule has 1 unspecified atom stereocenters. The van der Waals surface area contributed by atoms with Gasteiger partial charge in [-0.05, 0) is 67.6 Å². The van der Waals surface area contributed by atoms with E-state index in [2.05, 4.69) is 37.9 Å². The van der Waals surface area contributed by atoms with Crippen LogP contribution in [0.2, 0.25) is 0 Å². The van der Waals surface area contributed by atoms with E-state index in [1.165, 1.54) is 5.56 Å². The van der Waals surface area contributed by atoms with Gasteiger partial charge in [-0.15, -0.1) is 22.9 Å². The number of thiophene rings is 1. The molecule has 0 saturated heterocycles. The van der Waals surface area contributed by atoms with Crippen molar-refractivity contribution < 1.29 is 4.74 Å². The zero-order chi connectivity index (χ0) is 13.1. The molecule has 1 heterocycles. The summed E-state index contributed by atoms with van der Waals surface area (Å²) in [6.45, 7) is 0. The number of halogens is 3. The first-order valence-electron chi connectivity index (χ1n) is 5.32. The summed E-state index contributed by atoms with van der Waals surface area (Å²) in [6, 6.07) is 10.1. The lowest BCUT2D eigenvalue weighted by molar-refractivity contribution is 0.414. The van der Waals surface area contributed by atoms with E-state index >= 15 is 0 Å². The van der Waals surface area contributed by atoms with E-state index in [4.69, 9.17) is 16.3 Å². The highest BCUT2D eigenvalue weighted by Gasteiger charge is 2.15. The lowest BCUT2D eigenvalue weighted by Gasteiger charge is -2.09. The van der Waals surface area contributed by atoms with Crippen molar-refractivity contribution in [1.82, 2.24) is 0 Å². The molecule has 0 aliphatic carbocycles. The molecule has 0 saturated carbocycles. The Morgan fingerprint density at radius 1 is 1.28 bits per heavy atom. The molecule has 1 aromatic carbocycles. The van der Waals surface area contributed by atoms with E-state index in [9.17, 15) is 0 Å². The molecule has 0 amide bonds. The topological polar surface area (TPSA) is 9.23 Å². The second-order valence-electron chi connectivity index (χ2n) is 3.80. The van der Waals surface area contributed by atoms with Gasteiger partial charge in [0.1, 0.15) is 5.75 Å². The standard InChI is InChI=1S/C13H11Br2ClOS/c1-17-9-4-2-8(3-5-9)6-11(16)10-7-12(14)18-13(10)15/h2-5,7,11H,6H2,1H3. The number of hydrogen-bond acceptors (Lipinski definition) is 2. The Bertz CT molecular complexity index is 524. The molecular weight excluding hydrogens is 399 g/mol. The zero-order valence-electron chi connectivity index (χ0n) is 9.62. The smallest absolute Gasteiger partial charge is 0.118 e. The van der Waals surface area contributed by atoms with Crippen LogP contribution in [-0.4, -0.2) is 7.11 Å². The minimum Gasteiger partial charge on any atom is -0.497 e. The molecule has 96 valence electrons. The second-order valence-corrected chi connectivity index (χ2v) is 8.08. The first-order valence-corrected chi connectivity index (χ1v) is 8.15. The molecule has 1 atom stereocenters. The predicted octanol–water partition coefficient (Wildman–Crippen LogP) is 5.80. The predicted molar refractivity (Wildman–Crippen MR) is 85.0 cm³/mol. The van der Waals surface area contributed by atoms with Crippen LogP contribution in [0.3, 0.4) is 0 Å². The number of alkyl halides is 1. The second kappa shape index (κ2) is 6.42. The van der Waals surface area contributed by atoms with Crippen molar-refractivity contribution in [3.63, 3.8) is 0 Å². The molecule has 2 rings (SSSR count). The lowest BCUT2D eigenvalue weighted by Crippen LogP contribution is -1.95. The lowest BCUT2D eigenvalue weighted by atomic mass is 10.1. The van der Waals surface area contributed by atoms with Crippen LogP contribution in [-0.2, 0) is 6.42 Å². The highest BCUT2D eigenvalue weighted by Crippen LogP contribution is 2.39. The van der Waals surface area contributed by atoms with Crippen molar-refractivity contribution in [2.75, 3.05) is 7.11 Å². The Labute approximate surface area is 132 Å². The van der Waals surface area contributed by atoms with E-state index in [0.717, 1.165) is 25.3 Å². The maximum Gasteiger partial charge on any atom is 0.118 e. The van der Waals surface area contributed by atoms with Crippen molar-refractivity contribution >= 4 is 54.8 Å². The van der Waals surface area contributed by atoms with Gasteiger partial charge in [0.25, 0.3) is 0 Å². The third-order valence-corrected chi connectivity index (χ3v) is 5.37. The van der Waals surface area contributed by atoms with Crippen LogP contribution in [0.4, 0.5) is 0 Å². The van der Waals surface area contributed by atoms with Gasteiger partial charge in [0.2, 0.25) is 0 Å². The zero-order valence-corrected chi connectivity index (χ0v) is 14.4. The molecule has 0 bridgehead atoms. The highest BCUT2D eigenvalue weighted by atomic mass is 79.9. The van der Waals surface area contributed by atoms with Gasteiger partial charge < -0.3 is 4.74 Å². The van der Waals surface area contributed by atoms with Crippen LogP contribution in [0, 0.1) is 0 Å². The molecule has 0 radical (unpaired) electrons. The monoisotopic (exact) mass is 408 g/mol. The number of rotatable bonds is 4. The molecule has 18 heavy (non-hydrogen) atoms. The molecule has 5 heteroatoms. The summed E-state index contributed by atoms with van der Waals surface area (Å²) < 4.78 is 7.31. The van der Waals surface area contributed by atoms with E-state index in [-0.39, 0.29) is 5.38 Å². The van der Waals surface area contributed by atoms with Crippen molar-refractivity contribution in [3.05, 3.63) is 49.0 Å². The number of ether oxygens (including phenoxy) is 1. The van der Waals surface area contributed by atoms with Crippen LogP contribution in [0.15, 0.2) is 37.9 Å². The molecule has 1 aromatic heterocycles. The van der Waals surface area contributed by atoms with E-state index < -0.39 is 0 Å². The fourth-order valence-electron chi connectivity index (χ4n) is 1.65. The van der Waals surface area contributed by atoms with Crippen LogP contribution in [0.1, 0.15) is 16.5 Å². The third kappa shape index (κ3) is 3.50. The highest BCUT2D eigenvalue weighted by molar-refractivity contribution is 9.12. The Morgan fingerprint density at radius 2 is 1.94 bits per heavy atom. The maximum absolute atomic E-state index is 6.46. The van der Waals surface area contributed by atoms with Gasteiger partial charge in [0, 0.05) is 0 Å². The summed E-state index contributed by atoms with van der Waals surface area (Å²) in [5.74, 6) is 0.865. The maximum atomic E-state index is 6.46. The Balaban J connectivity index is 2.10. The number of hydrogen-bond donors (Lipinski definition) is 0. The van der Waals surface area contributed by atoms with E-state index in [1.807, 2.05) is 24.3 Å². The van der Waals surface area contributed by atoms with Crippen LogP contribution in [0.5, 0.6) is 5.75 Å². The third-order valence-electron chi connectivity index (χ3n) is 2.59. The summed E-state index contributed by atoms with van der Waals surface area (Å²) in [5.41, 5.74) is 2.33. The summed E-state index contributed by atoms with van der Waals surface area (Å²) in [4.78, 5) is 0. The molecule has 0 N–H and O–H groups in total. The fraction of sp³-hybridized carbons (Fsp3) is 0.231. The molecule has 0 fully saturated rings. The van der Waals surface area contributed by atoms with Gasteiger partial charge in [-0.1, -0.05) is 12.1 Å². The van der Waals surface area contributed by atoms with Gasteiger partial charge in [-0.2, -0.15) is 0 Å². The van der Waals surface area contributed by atoms with Crippen molar-refractivity contribution in [2.24, 2.45) is 0 Å². The minimum absolute atomic E-state index is 0.0321. The number of methoxy groups -OCH3 is 1. The summed E-state index contributed by atoms with van der Waals surface area (Å²) >= 11 is 15.1. The normalized spacial score (nSPS) is 12.4. The Kier molecular flexibility index (Phi) is 5.13. The molecule has 0 spiro atoms. The van der Waals surface area contributed by atoms with Gasteiger partial charge in [-0.3, -0.25) is 0 Å². The Hall–Kier alpha value is -0.0300. The fourth-order valence-corrected chi connectivity index (χ4v) is 5.17. The average molecular weight is 411 g/mol.